The zero-order valence-electron chi connectivity index (χ0n) is 34.3. The lowest BCUT2D eigenvalue weighted by Crippen LogP contribution is -2.69. The van der Waals surface area contributed by atoms with Crippen molar-refractivity contribution in [2.45, 2.75) is 168 Å². The van der Waals surface area contributed by atoms with Crippen molar-refractivity contribution >= 4 is 12.0 Å². The average Bonchev–Trinajstić information content (AvgIpc) is 3.21. The van der Waals surface area contributed by atoms with Crippen molar-refractivity contribution in [1.29, 1.82) is 0 Å². The van der Waals surface area contributed by atoms with Gasteiger partial charge in [-0.3, -0.25) is 4.79 Å². The fourth-order valence-corrected chi connectivity index (χ4v) is 7.12. The molecule has 0 spiro atoms. The van der Waals surface area contributed by atoms with Gasteiger partial charge in [0.15, 0.2) is 25.2 Å². The maximum atomic E-state index is 12.4. The van der Waals surface area contributed by atoms with Gasteiger partial charge in [0.05, 0.1) is 45.2 Å². The highest BCUT2D eigenvalue weighted by atomic mass is 16.8. The fraction of sp³-hybridized carbons (Fsp3) is 0.889. The van der Waals surface area contributed by atoms with Crippen LogP contribution in [0.4, 0.5) is 4.79 Å². The van der Waals surface area contributed by atoms with Crippen LogP contribution in [0.15, 0.2) is 12.7 Å². The number of rotatable bonds is 17. The number of alkyl carbamates (subject to hydrolysis) is 1. The molecule has 0 aromatic carbocycles. The molecular weight excluding hydrogens is 844 g/mol. The van der Waals surface area contributed by atoms with Gasteiger partial charge in [-0.05, 0) is 20.8 Å². The maximum absolute atomic E-state index is 12.4. The summed E-state index contributed by atoms with van der Waals surface area (Å²) in [7, 11) is 0. The lowest BCUT2D eigenvalue weighted by Gasteiger charge is -2.49. The number of hydrogen-bond donors (Lipinski definition) is 15. The molecule has 4 aliphatic rings. The molecule has 12 unspecified atom stereocenters. The molecule has 0 aromatic heterocycles. The molecule has 15 N–H and O–H groups in total. The lowest BCUT2D eigenvalue weighted by atomic mass is 9.95. The Labute approximate surface area is 355 Å². The first-order valence-corrected chi connectivity index (χ1v) is 19.8. The zero-order valence-corrected chi connectivity index (χ0v) is 34.3. The van der Waals surface area contributed by atoms with E-state index in [1.165, 1.54) is 0 Å². The molecule has 360 valence electrons. The highest BCUT2D eigenvalue weighted by Crippen LogP contribution is 2.34. The molecule has 22 atom stereocenters. The minimum atomic E-state index is -2.11. The van der Waals surface area contributed by atoms with E-state index < -0.39 is 186 Å². The summed E-state index contributed by atoms with van der Waals surface area (Å²) in [5.74, 6) is -0.710. The molecule has 4 rings (SSSR count). The van der Waals surface area contributed by atoms with E-state index in [4.69, 9.17) is 42.6 Å². The monoisotopic (exact) mass is 906 g/mol. The van der Waals surface area contributed by atoms with E-state index in [2.05, 4.69) is 17.2 Å². The highest BCUT2D eigenvalue weighted by molar-refractivity contribution is 5.73. The lowest BCUT2D eigenvalue weighted by molar-refractivity contribution is -0.386. The molecular formula is C36H62N2O24. The summed E-state index contributed by atoms with van der Waals surface area (Å²) in [6, 6.07) is -2.71. The van der Waals surface area contributed by atoms with Crippen molar-refractivity contribution in [2.75, 3.05) is 33.0 Å². The summed E-state index contributed by atoms with van der Waals surface area (Å²) in [4.78, 5) is 24.3. The summed E-state index contributed by atoms with van der Waals surface area (Å²) in [5, 5.41) is 143. The number of amides is 2. The Morgan fingerprint density at radius 2 is 1.08 bits per heavy atom. The van der Waals surface area contributed by atoms with Gasteiger partial charge in [-0.1, -0.05) is 6.08 Å². The molecule has 62 heavy (non-hydrogen) atoms. The number of nitrogens with one attached hydrogen (secondary N) is 2. The third-order valence-electron chi connectivity index (χ3n) is 10.4. The molecule has 0 aromatic rings. The van der Waals surface area contributed by atoms with Crippen LogP contribution < -0.4 is 10.6 Å². The number of ether oxygens (including phenoxy) is 9. The minimum absolute atomic E-state index is 0.533. The van der Waals surface area contributed by atoms with Crippen LogP contribution in [0.3, 0.4) is 0 Å². The number of aliphatic hydroxyl groups is 13. The highest BCUT2D eigenvalue weighted by Gasteiger charge is 2.55. The number of carbonyl (C=O) groups excluding carboxylic acids is 2. The topological polar surface area (TPSA) is 404 Å². The predicted molar refractivity (Wildman–Crippen MR) is 199 cm³/mol. The van der Waals surface area contributed by atoms with Crippen molar-refractivity contribution in [3.05, 3.63) is 12.7 Å². The summed E-state index contributed by atoms with van der Waals surface area (Å²) >= 11 is 0. The van der Waals surface area contributed by atoms with E-state index >= 15 is 0 Å². The van der Waals surface area contributed by atoms with Gasteiger partial charge < -0.3 is 120 Å². The standard InChI is InChI=1S/C36H62N2O24/c1-6-14(44)13(38-35(53)62-36(3,4)5)11-54-32-25(50)23(48)28(17(9-41)57-32)59-33-26(51)24(49)29(18(10-42)58-33)60-34-27(52)30(21(46)16(8-40)56-34)61-31-19(37-12(2)43)22(47)20(45)15(7-39)55-31/h6,13-34,39-42,44-52H,1,7-11H2,2-5H3,(H,37,43)(H,38,53)/t13-,14+,15?,16?,17?,18?,19?,20-,21-,22?,23?,24?,25?,26?,27?,28+,29-,30?,31-,32+,33-,34+/m0/s1. The summed E-state index contributed by atoms with van der Waals surface area (Å²) < 4.78 is 50.3. The minimum Gasteiger partial charge on any atom is -0.444 e. The van der Waals surface area contributed by atoms with Crippen LogP contribution in [0.2, 0.25) is 0 Å². The van der Waals surface area contributed by atoms with E-state index in [1.807, 2.05) is 0 Å². The van der Waals surface area contributed by atoms with E-state index in [-0.39, 0.29) is 0 Å². The Kier molecular flexibility index (Phi) is 19.1. The molecule has 2 amide bonds. The molecule has 0 bridgehead atoms. The molecule has 4 heterocycles. The molecule has 4 saturated heterocycles. The Bertz CT molecular complexity index is 1420. The molecule has 4 fully saturated rings. The average molecular weight is 907 g/mol. The molecule has 26 nitrogen and oxygen atoms in total. The van der Waals surface area contributed by atoms with E-state index in [0.717, 1.165) is 13.0 Å². The molecule has 0 radical (unpaired) electrons. The van der Waals surface area contributed by atoms with Crippen molar-refractivity contribution in [1.82, 2.24) is 10.6 Å². The Morgan fingerprint density at radius 1 is 0.629 bits per heavy atom. The van der Waals surface area contributed by atoms with E-state index in [0.29, 0.717) is 0 Å². The quantitative estimate of drug-likeness (QED) is 0.0603. The fourth-order valence-electron chi connectivity index (χ4n) is 7.12. The second kappa shape index (κ2) is 22.7. The third-order valence-corrected chi connectivity index (χ3v) is 10.4. The Morgan fingerprint density at radius 3 is 1.58 bits per heavy atom. The molecule has 26 heteroatoms. The van der Waals surface area contributed by atoms with Crippen LogP contribution in [0, 0.1) is 0 Å². The van der Waals surface area contributed by atoms with Crippen LogP contribution in [-0.4, -0.2) is 252 Å². The zero-order chi connectivity index (χ0) is 46.4. The van der Waals surface area contributed by atoms with Crippen LogP contribution in [0.5, 0.6) is 0 Å². The second-order valence-electron chi connectivity index (χ2n) is 16.2. The van der Waals surface area contributed by atoms with Gasteiger partial charge in [-0.2, -0.15) is 0 Å². The SMILES string of the molecule is C=C[C@@H](O)[C@H](CO[C@@H]1OC(CO)[C@@H](O[C@@H]2OC(CO)[C@H](O[C@H]3OC(CO)[C@H](O)C(O[C@@H]4OC(CO)[C@H](O)C(O)C4NC(C)=O)C3O)C(O)C2O)C(O)C1O)NC(=O)OC(C)(C)C. The third kappa shape index (κ3) is 12.5. The largest absolute Gasteiger partial charge is 0.444 e. The second-order valence-corrected chi connectivity index (χ2v) is 16.2. The van der Waals surface area contributed by atoms with Gasteiger partial charge >= 0.3 is 6.09 Å². The molecule has 0 saturated carbocycles. The van der Waals surface area contributed by atoms with Gasteiger partial charge in [-0.15, -0.1) is 6.58 Å². The Hall–Kier alpha value is -2.36. The van der Waals surface area contributed by atoms with Gasteiger partial charge in [0.25, 0.3) is 0 Å². The van der Waals surface area contributed by atoms with Crippen molar-refractivity contribution in [3.8, 4) is 0 Å². The summed E-state index contributed by atoms with van der Waals surface area (Å²) in [5.41, 5.74) is -0.889. The van der Waals surface area contributed by atoms with E-state index in [9.17, 15) is 76.0 Å². The summed E-state index contributed by atoms with van der Waals surface area (Å²) in [6.45, 7) is 5.24. The van der Waals surface area contributed by atoms with Gasteiger partial charge in [0.2, 0.25) is 5.91 Å². The number of aliphatic hydroxyl groups excluding tert-OH is 13. The van der Waals surface area contributed by atoms with Crippen LogP contribution in [0.25, 0.3) is 0 Å². The van der Waals surface area contributed by atoms with Gasteiger partial charge in [0.1, 0.15) is 103 Å². The predicted octanol–water partition coefficient (Wildman–Crippen LogP) is -8.14. The van der Waals surface area contributed by atoms with Crippen LogP contribution in [-0.2, 0) is 47.4 Å². The van der Waals surface area contributed by atoms with Crippen LogP contribution in [0.1, 0.15) is 27.7 Å². The summed E-state index contributed by atoms with van der Waals surface area (Å²) in [6.07, 6.45) is -35.6. The van der Waals surface area contributed by atoms with E-state index in [1.54, 1.807) is 20.8 Å². The van der Waals surface area contributed by atoms with Crippen molar-refractivity contribution in [3.63, 3.8) is 0 Å². The van der Waals surface area contributed by atoms with Crippen molar-refractivity contribution in [2.24, 2.45) is 0 Å². The van der Waals surface area contributed by atoms with Crippen LogP contribution >= 0.6 is 0 Å². The Balaban J connectivity index is 1.45. The first-order valence-electron chi connectivity index (χ1n) is 19.8. The number of carbonyl (C=O) groups is 2. The first kappa shape index (κ1) is 52.3. The maximum Gasteiger partial charge on any atom is 0.408 e. The molecule has 4 aliphatic heterocycles. The molecule has 0 aliphatic carbocycles. The van der Waals surface area contributed by atoms with Gasteiger partial charge in [0, 0.05) is 6.92 Å². The van der Waals surface area contributed by atoms with Gasteiger partial charge in [-0.25, -0.2) is 4.79 Å². The van der Waals surface area contributed by atoms with Crippen molar-refractivity contribution < 1.29 is 119 Å². The first-order chi connectivity index (χ1) is 29.1. The number of hydrogen-bond acceptors (Lipinski definition) is 24. The smallest absolute Gasteiger partial charge is 0.408 e. The normalized spacial score (nSPS) is 42.7.